The largest absolute Gasteiger partial charge is 0.480 e. The predicted octanol–water partition coefficient (Wildman–Crippen LogP) is 1.13. The summed E-state index contributed by atoms with van der Waals surface area (Å²) in [5.41, 5.74) is -1.05. The van der Waals surface area contributed by atoms with E-state index in [9.17, 15) is 14.7 Å². The van der Waals surface area contributed by atoms with Gasteiger partial charge < -0.3 is 10.4 Å². The van der Waals surface area contributed by atoms with E-state index in [1.54, 1.807) is 13.8 Å². The van der Waals surface area contributed by atoms with Crippen LogP contribution in [0.2, 0.25) is 0 Å². The van der Waals surface area contributed by atoms with Crippen LogP contribution in [0.25, 0.3) is 0 Å². The second-order valence-corrected chi connectivity index (χ2v) is 4.92. The fraction of sp³-hybridized carbons (Fsp3) is 0.833. The molecule has 5 nitrogen and oxygen atoms in total. The van der Waals surface area contributed by atoms with Gasteiger partial charge in [-0.2, -0.15) is 0 Å². The number of hydrogen-bond acceptors (Lipinski definition) is 3. The van der Waals surface area contributed by atoms with E-state index in [2.05, 4.69) is 10.6 Å². The number of carboxylic acids is 1. The van der Waals surface area contributed by atoms with Crippen molar-refractivity contribution < 1.29 is 14.7 Å². The molecule has 0 heterocycles. The molecule has 0 aromatic rings. The molecule has 2 unspecified atom stereocenters. The third kappa shape index (κ3) is 5.17. The van der Waals surface area contributed by atoms with Crippen molar-refractivity contribution in [2.45, 2.75) is 65.1 Å². The van der Waals surface area contributed by atoms with Crippen LogP contribution in [-0.2, 0) is 9.59 Å². The zero-order valence-corrected chi connectivity index (χ0v) is 11.3. The summed E-state index contributed by atoms with van der Waals surface area (Å²) in [5, 5.41) is 14.8. The van der Waals surface area contributed by atoms with Gasteiger partial charge in [0.2, 0.25) is 5.91 Å². The Morgan fingerprint density at radius 1 is 1.29 bits per heavy atom. The van der Waals surface area contributed by atoms with E-state index in [4.69, 9.17) is 0 Å². The fourth-order valence-electron chi connectivity index (χ4n) is 1.69. The summed E-state index contributed by atoms with van der Waals surface area (Å²) in [6.45, 7) is 8.94. The van der Waals surface area contributed by atoms with Crippen molar-refractivity contribution in [3.05, 3.63) is 0 Å². The number of nitrogens with one attached hydrogen (secondary N) is 2. The molecule has 0 spiro atoms. The highest BCUT2D eigenvalue weighted by atomic mass is 16.4. The van der Waals surface area contributed by atoms with E-state index in [0.29, 0.717) is 6.42 Å². The van der Waals surface area contributed by atoms with E-state index in [1.807, 2.05) is 20.8 Å². The molecule has 0 aliphatic carbocycles. The van der Waals surface area contributed by atoms with Gasteiger partial charge in [-0.1, -0.05) is 13.3 Å². The summed E-state index contributed by atoms with van der Waals surface area (Å²) in [4.78, 5) is 22.9. The van der Waals surface area contributed by atoms with E-state index < -0.39 is 17.6 Å². The third-order valence-corrected chi connectivity index (χ3v) is 2.58. The Kier molecular flexibility index (Phi) is 6.16. The van der Waals surface area contributed by atoms with Crippen molar-refractivity contribution in [3.63, 3.8) is 0 Å². The molecule has 5 heteroatoms. The van der Waals surface area contributed by atoms with Gasteiger partial charge in [0, 0.05) is 6.04 Å². The number of carboxylic acid groups (broad SMARTS) is 1. The molecule has 0 fully saturated rings. The van der Waals surface area contributed by atoms with Crippen molar-refractivity contribution in [1.82, 2.24) is 10.6 Å². The minimum absolute atomic E-state index is 0.0500. The van der Waals surface area contributed by atoms with Crippen LogP contribution >= 0.6 is 0 Å². The van der Waals surface area contributed by atoms with Crippen LogP contribution in [0.4, 0.5) is 0 Å². The maximum Gasteiger partial charge on any atom is 0.323 e. The number of aliphatic carboxylic acids is 1. The average Bonchev–Trinajstić information content (AvgIpc) is 2.16. The smallest absolute Gasteiger partial charge is 0.323 e. The van der Waals surface area contributed by atoms with Gasteiger partial charge in [-0.3, -0.25) is 14.9 Å². The van der Waals surface area contributed by atoms with Crippen LogP contribution in [0.15, 0.2) is 0 Å². The minimum atomic E-state index is -1.05. The fourth-order valence-corrected chi connectivity index (χ4v) is 1.69. The Balaban J connectivity index is 4.56. The molecule has 0 saturated carbocycles. The summed E-state index contributed by atoms with van der Waals surface area (Å²) in [5.74, 6) is -1.10. The molecule has 3 N–H and O–H groups in total. The Bertz CT molecular complexity index is 279. The Labute approximate surface area is 103 Å². The van der Waals surface area contributed by atoms with Gasteiger partial charge in [0.25, 0.3) is 0 Å². The lowest BCUT2D eigenvalue weighted by Crippen LogP contribution is -2.57. The number of hydrogen-bond donors (Lipinski definition) is 3. The first-order valence-electron chi connectivity index (χ1n) is 6.04. The van der Waals surface area contributed by atoms with Gasteiger partial charge in [0.15, 0.2) is 0 Å². The maximum atomic E-state index is 11.7. The van der Waals surface area contributed by atoms with Crippen molar-refractivity contribution in [1.29, 1.82) is 0 Å². The Hall–Kier alpha value is -1.10. The molecule has 100 valence electrons. The van der Waals surface area contributed by atoms with Crippen LogP contribution in [0.3, 0.4) is 0 Å². The highest BCUT2D eigenvalue weighted by molar-refractivity contribution is 5.84. The number of carbonyl (C=O) groups is 2. The second-order valence-electron chi connectivity index (χ2n) is 4.92. The molecule has 0 aliphatic heterocycles. The molecular weight excluding hydrogens is 220 g/mol. The summed E-state index contributed by atoms with van der Waals surface area (Å²) < 4.78 is 0. The van der Waals surface area contributed by atoms with Crippen LogP contribution < -0.4 is 10.6 Å². The van der Waals surface area contributed by atoms with Gasteiger partial charge in [-0.05, 0) is 34.1 Å². The number of amides is 1. The average molecular weight is 244 g/mol. The molecule has 0 aromatic heterocycles. The molecule has 2 atom stereocenters. The van der Waals surface area contributed by atoms with E-state index in [-0.39, 0.29) is 11.9 Å². The van der Waals surface area contributed by atoms with Crippen LogP contribution in [0.1, 0.15) is 47.5 Å². The zero-order chi connectivity index (χ0) is 13.6. The highest BCUT2D eigenvalue weighted by Crippen LogP contribution is 2.13. The first-order chi connectivity index (χ1) is 7.73. The quantitative estimate of drug-likeness (QED) is 0.627. The van der Waals surface area contributed by atoms with E-state index >= 15 is 0 Å². The van der Waals surface area contributed by atoms with E-state index in [0.717, 1.165) is 6.42 Å². The van der Waals surface area contributed by atoms with Gasteiger partial charge >= 0.3 is 5.97 Å². The van der Waals surface area contributed by atoms with Gasteiger partial charge in [-0.25, -0.2) is 0 Å². The van der Waals surface area contributed by atoms with Crippen LogP contribution in [0, 0.1) is 0 Å². The summed E-state index contributed by atoms with van der Waals surface area (Å²) >= 11 is 0. The SMILES string of the molecule is CCCC(C)(NC(C)C(=O)NC(C)C)C(=O)O. The Morgan fingerprint density at radius 2 is 1.82 bits per heavy atom. The normalized spacial score (nSPS) is 16.4. The summed E-state index contributed by atoms with van der Waals surface area (Å²) in [7, 11) is 0. The highest BCUT2D eigenvalue weighted by Gasteiger charge is 2.34. The second kappa shape index (κ2) is 6.59. The first-order valence-corrected chi connectivity index (χ1v) is 6.04. The molecule has 0 rings (SSSR count). The lowest BCUT2D eigenvalue weighted by atomic mass is 9.95. The standard InChI is InChI=1S/C12H24N2O3/c1-6-7-12(5,11(16)17)14-9(4)10(15)13-8(2)3/h8-9,14H,6-7H2,1-5H3,(H,13,15)(H,16,17). The molecule has 0 saturated heterocycles. The molecule has 1 amide bonds. The molecular formula is C12H24N2O3. The zero-order valence-electron chi connectivity index (χ0n) is 11.3. The molecule has 0 bridgehead atoms. The first kappa shape index (κ1) is 15.9. The van der Waals surface area contributed by atoms with Gasteiger partial charge in [0.1, 0.15) is 5.54 Å². The van der Waals surface area contributed by atoms with Gasteiger partial charge in [-0.15, -0.1) is 0 Å². The monoisotopic (exact) mass is 244 g/mol. The predicted molar refractivity (Wildman–Crippen MR) is 66.8 cm³/mol. The maximum absolute atomic E-state index is 11.7. The van der Waals surface area contributed by atoms with Crippen molar-refractivity contribution in [2.75, 3.05) is 0 Å². The van der Waals surface area contributed by atoms with E-state index in [1.165, 1.54) is 0 Å². The molecule has 0 aromatic carbocycles. The third-order valence-electron chi connectivity index (χ3n) is 2.58. The topological polar surface area (TPSA) is 78.4 Å². The molecule has 0 aliphatic rings. The van der Waals surface area contributed by atoms with Crippen molar-refractivity contribution in [2.24, 2.45) is 0 Å². The van der Waals surface area contributed by atoms with Crippen molar-refractivity contribution >= 4 is 11.9 Å². The lowest BCUT2D eigenvalue weighted by Gasteiger charge is -2.29. The van der Waals surface area contributed by atoms with Crippen LogP contribution in [0.5, 0.6) is 0 Å². The Morgan fingerprint density at radius 3 is 2.18 bits per heavy atom. The summed E-state index contributed by atoms with van der Waals surface area (Å²) in [6.07, 6.45) is 1.23. The number of carbonyl (C=O) groups excluding carboxylic acids is 1. The number of rotatable bonds is 7. The summed E-state index contributed by atoms with van der Waals surface area (Å²) in [6, 6.07) is -0.473. The van der Waals surface area contributed by atoms with Crippen molar-refractivity contribution in [3.8, 4) is 0 Å². The minimum Gasteiger partial charge on any atom is -0.480 e. The molecule has 17 heavy (non-hydrogen) atoms. The lowest BCUT2D eigenvalue weighted by molar-refractivity contribution is -0.145. The van der Waals surface area contributed by atoms with Crippen LogP contribution in [-0.4, -0.2) is 34.6 Å². The van der Waals surface area contributed by atoms with Gasteiger partial charge in [0.05, 0.1) is 6.04 Å². The molecule has 0 radical (unpaired) electrons.